The third-order valence-electron chi connectivity index (χ3n) is 12.8. The van der Waals surface area contributed by atoms with E-state index >= 15 is 4.39 Å². The highest BCUT2D eigenvalue weighted by molar-refractivity contribution is 6.06. The lowest BCUT2D eigenvalue weighted by molar-refractivity contribution is 0.0696. The van der Waals surface area contributed by atoms with Gasteiger partial charge in [-0.1, -0.05) is 80.4 Å². The average molecular weight is 1020 g/mol. The van der Waals surface area contributed by atoms with Crippen molar-refractivity contribution in [1.29, 1.82) is 0 Å². The Morgan fingerprint density at radius 1 is 0.527 bits per heavy atom. The Kier molecular flexibility index (Phi) is 20.6. The van der Waals surface area contributed by atoms with Gasteiger partial charge in [0.05, 0.1) is 5.56 Å². The Balaban J connectivity index is 0.000000288. The van der Waals surface area contributed by atoms with Crippen molar-refractivity contribution in [3.05, 3.63) is 117 Å². The lowest BCUT2D eigenvalue weighted by Crippen LogP contribution is -2.33. The zero-order chi connectivity index (χ0) is 54.5. The van der Waals surface area contributed by atoms with Crippen LogP contribution in [0.25, 0.3) is 22.3 Å². The molecule has 6 N–H and O–H groups in total. The number of nitrogens with zero attached hydrogens (tertiary/aromatic N) is 1. The van der Waals surface area contributed by atoms with Gasteiger partial charge in [-0.15, -0.1) is 0 Å². The van der Waals surface area contributed by atoms with Gasteiger partial charge in [-0.3, -0.25) is 24.0 Å². The van der Waals surface area contributed by atoms with Crippen molar-refractivity contribution >= 4 is 35.5 Å². The second-order valence-corrected chi connectivity index (χ2v) is 22.2. The van der Waals surface area contributed by atoms with E-state index in [1.807, 2.05) is 41.5 Å². The number of benzene rings is 4. The molecule has 0 radical (unpaired) electrons. The molecule has 0 bridgehead atoms. The topological polar surface area (TPSA) is 186 Å². The highest BCUT2D eigenvalue weighted by atomic mass is 19.1. The van der Waals surface area contributed by atoms with Gasteiger partial charge < -0.3 is 36.6 Å². The molecule has 0 aliphatic heterocycles. The molecule has 15 heteroatoms. The summed E-state index contributed by atoms with van der Waals surface area (Å²) < 4.78 is 29.7. The monoisotopic (exact) mass is 1020 g/mol. The lowest BCUT2D eigenvalue weighted by atomic mass is 9.91. The van der Waals surface area contributed by atoms with E-state index in [-0.39, 0.29) is 85.5 Å². The zero-order valence-corrected chi connectivity index (χ0v) is 45.1. The molecule has 0 heterocycles. The van der Waals surface area contributed by atoms with Gasteiger partial charge in [-0.05, 0) is 171 Å². The van der Waals surface area contributed by atoms with Crippen molar-refractivity contribution < 1.29 is 42.7 Å². The molecule has 0 spiro atoms. The van der Waals surface area contributed by atoms with Gasteiger partial charge in [0.1, 0.15) is 11.6 Å². The van der Waals surface area contributed by atoms with E-state index in [2.05, 4.69) is 45.3 Å². The van der Waals surface area contributed by atoms with Crippen LogP contribution in [0.4, 0.5) is 8.78 Å². The zero-order valence-electron chi connectivity index (χ0n) is 45.1. The maximum Gasteiger partial charge on any atom is 0.336 e. The SMILES string of the molecule is CCCCN(CCCC)CCCNC(=O)c1cc(C(=O)NCC(C)(C)C)ccc1-c1cc(C(=O)NC2CC2)cc(F)c1C.Cc1c(F)cc(C(=O)NC2CC2)cc1-c1ccc(C(=O)NCC(C)(C)C)cc1C(=O)O. The van der Waals surface area contributed by atoms with Gasteiger partial charge in [-0.25, -0.2) is 13.6 Å². The lowest BCUT2D eigenvalue weighted by Gasteiger charge is -2.22. The van der Waals surface area contributed by atoms with Crippen molar-refractivity contribution in [2.45, 2.75) is 139 Å². The van der Waals surface area contributed by atoms with Crippen LogP contribution in [-0.4, -0.2) is 96.9 Å². The molecule has 2 fully saturated rings. The fourth-order valence-electron chi connectivity index (χ4n) is 7.97. The molecular formula is C59H78F2N6O7. The summed E-state index contributed by atoms with van der Waals surface area (Å²) in [6.45, 7) is 24.0. The quantitative estimate of drug-likeness (QED) is 0.0420. The van der Waals surface area contributed by atoms with Gasteiger partial charge in [0.2, 0.25) is 0 Å². The minimum absolute atomic E-state index is 0.103. The Labute approximate surface area is 436 Å². The molecule has 2 saturated carbocycles. The molecule has 6 rings (SSSR count). The Bertz CT molecular complexity index is 2670. The second-order valence-electron chi connectivity index (χ2n) is 22.2. The van der Waals surface area contributed by atoms with Crippen LogP contribution in [0.5, 0.6) is 0 Å². The van der Waals surface area contributed by atoms with E-state index in [9.17, 15) is 38.3 Å². The third-order valence-corrected chi connectivity index (χ3v) is 12.8. The van der Waals surface area contributed by atoms with Crippen molar-refractivity contribution in [3.8, 4) is 22.3 Å². The van der Waals surface area contributed by atoms with E-state index in [0.29, 0.717) is 47.5 Å². The second kappa shape index (κ2) is 26.1. The maximum atomic E-state index is 15.1. The number of hydrogen-bond acceptors (Lipinski definition) is 7. The van der Waals surface area contributed by atoms with E-state index in [1.54, 1.807) is 31.2 Å². The van der Waals surface area contributed by atoms with Crippen LogP contribution < -0.4 is 26.6 Å². The number of carbonyl (C=O) groups excluding carboxylic acids is 5. The molecule has 0 atom stereocenters. The molecular weight excluding hydrogens is 943 g/mol. The predicted molar refractivity (Wildman–Crippen MR) is 288 cm³/mol. The van der Waals surface area contributed by atoms with Gasteiger partial charge in [0.25, 0.3) is 29.5 Å². The van der Waals surface area contributed by atoms with Gasteiger partial charge in [0, 0.05) is 59.5 Å². The number of carbonyl (C=O) groups is 6. The third kappa shape index (κ3) is 17.6. The van der Waals surface area contributed by atoms with Gasteiger partial charge in [0.15, 0.2) is 0 Å². The Hall–Kier alpha value is -6.48. The highest BCUT2D eigenvalue weighted by Gasteiger charge is 2.28. The highest BCUT2D eigenvalue weighted by Crippen LogP contribution is 2.33. The van der Waals surface area contributed by atoms with Crippen LogP contribution >= 0.6 is 0 Å². The number of carboxylic acids is 1. The average Bonchev–Trinajstić information content (AvgIpc) is 4.31. The molecule has 13 nitrogen and oxygen atoms in total. The van der Waals surface area contributed by atoms with Crippen LogP contribution in [-0.2, 0) is 0 Å². The molecule has 74 heavy (non-hydrogen) atoms. The molecule has 4 aromatic carbocycles. The van der Waals surface area contributed by atoms with Gasteiger partial charge in [-0.2, -0.15) is 0 Å². The normalized spacial score (nSPS) is 13.4. The summed E-state index contributed by atoms with van der Waals surface area (Å²) in [7, 11) is 0. The number of hydrogen-bond donors (Lipinski definition) is 6. The molecule has 0 aromatic heterocycles. The van der Waals surface area contributed by atoms with Crippen LogP contribution in [0.3, 0.4) is 0 Å². The van der Waals surface area contributed by atoms with Crippen molar-refractivity contribution in [2.75, 3.05) is 39.3 Å². The molecule has 400 valence electrons. The largest absolute Gasteiger partial charge is 0.478 e. The Morgan fingerprint density at radius 2 is 0.932 bits per heavy atom. The number of rotatable bonds is 22. The number of halogens is 2. The number of carboxylic acid groups (broad SMARTS) is 1. The first kappa shape index (κ1) is 58.4. The molecule has 0 saturated heterocycles. The molecule has 4 aromatic rings. The Morgan fingerprint density at radius 3 is 1.32 bits per heavy atom. The maximum absolute atomic E-state index is 15.1. The fraction of sp³-hybridized carbons (Fsp3) is 0.492. The summed E-state index contributed by atoms with van der Waals surface area (Å²) in [6, 6.07) is 15.0. The summed E-state index contributed by atoms with van der Waals surface area (Å²) in [4.78, 5) is 78.8. The van der Waals surface area contributed by atoms with Crippen LogP contribution in [0.1, 0.15) is 186 Å². The van der Waals surface area contributed by atoms with Crippen molar-refractivity contribution in [3.63, 3.8) is 0 Å². The van der Waals surface area contributed by atoms with Crippen molar-refractivity contribution in [1.82, 2.24) is 31.5 Å². The fourth-order valence-corrected chi connectivity index (χ4v) is 7.97. The van der Waals surface area contributed by atoms with Crippen LogP contribution in [0, 0.1) is 36.3 Å². The molecule has 2 aliphatic rings. The molecule has 2 aliphatic carbocycles. The summed E-state index contributed by atoms with van der Waals surface area (Å²) in [5, 5.41) is 24.2. The van der Waals surface area contributed by atoms with Crippen molar-refractivity contribution in [2.24, 2.45) is 10.8 Å². The van der Waals surface area contributed by atoms with Crippen LogP contribution in [0.2, 0.25) is 0 Å². The summed E-state index contributed by atoms with van der Waals surface area (Å²) in [5.74, 6) is -4.07. The van der Waals surface area contributed by atoms with E-state index in [4.69, 9.17) is 0 Å². The first-order valence-corrected chi connectivity index (χ1v) is 26.2. The first-order valence-electron chi connectivity index (χ1n) is 26.2. The summed E-state index contributed by atoms with van der Waals surface area (Å²) in [6.07, 6.45) is 9.02. The van der Waals surface area contributed by atoms with E-state index in [1.165, 1.54) is 37.3 Å². The van der Waals surface area contributed by atoms with E-state index in [0.717, 1.165) is 83.5 Å². The number of amides is 5. The van der Waals surface area contributed by atoms with E-state index < -0.39 is 23.5 Å². The number of aromatic carboxylic acids is 1. The minimum atomic E-state index is -1.24. The standard InChI is InChI=1S/C35H51FN4O3.C24H27FN2O4/c1-7-9-17-40(18-10-8-2)19-11-16-37-34(43)30-20-25(32(41)38-23-35(4,5)6)12-15-28(30)29-21-26(22-31(36)24(29)3)33(42)39-27-13-14-27;1-13-18(10-15(11-20(13)25)22(29)27-16-6-7-16)17-8-5-14(9-19(17)23(30)31)21(28)26-12-24(2,3)4/h12,15,20-22,27H,7-11,13-14,16-19,23H2,1-6H3,(H,37,43)(H,38,41)(H,39,42);5,8-11,16H,6-7,12H2,1-4H3,(H,26,28)(H,27,29)(H,30,31). The van der Waals surface area contributed by atoms with Crippen LogP contribution in [0.15, 0.2) is 60.7 Å². The summed E-state index contributed by atoms with van der Waals surface area (Å²) >= 11 is 0. The first-order chi connectivity index (χ1) is 34.9. The molecule has 0 unspecified atom stereocenters. The number of unbranched alkanes of at least 4 members (excludes halogenated alkanes) is 2. The molecule has 5 amide bonds. The van der Waals surface area contributed by atoms with Gasteiger partial charge >= 0.3 is 5.97 Å². The smallest absolute Gasteiger partial charge is 0.336 e. The summed E-state index contributed by atoms with van der Waals surface area (Å²) in [5.41, 5.74) is 2.87. The number of nitrogens with one attached hydrogen (secondary N) is 5. The minimum Gasteiger partial charge on any atom is -0.478 e. The predicted octanol–water partition coefficient (Wildman–Crippen LogP) is 10.7.